The van der Waals surface area contributed by atoms with E-state index in [1.54, 1.807) is 0 Å². The molecule has 0 N–H and O–H groups in total. The summed E-state index contributed by atoms with van der Waals surface area (Å²) in [6.45, 7) is 0. The summed E-state index contributed by atoms with van der Waals surface area (Å²) in [4.78, 5) is 0. The van der Waals surface area contributed by atoms with Gasteiger partial charge >= 0.3 is 0 Å². The van der Waals surface area contributed by atoms with Crippen LogP contribution in [0.25, 0.3) is 0 Å². The largest absolute Gasteiger partial charge is 0.115 e. The molecule has 0 saturated carbocycles. The quantitative estimate of drug-likeness (QED) is 0.361. The van der Waals surface area contributed by atoms with Crippen LogP contribution in [0.2, 0.25) is 0 Å². The van der Waals surface area contributed by atoms with E-state index in [0.717, 1.165) is 0 Å². The van der Waals surface area contributed by atoms with Gasteiger partial charge in [0, 0.05) is 42.1 Å². The van der Waals surface area contributed by atoms with Gasteiger partial charge in [0.1, 0.15) is 0 Å². The van der Waals surface area contributed by atoms with Crippen LogP contribution in [0.15, 0.2) is 0 Å². The molecule has 0 aromatic rings. The summed E-state index contributed by atoms with van der Waals surface area (Å²) in [5.74, 6) is 0. The van der Waals surface area contributed by atoms with Crippen LogP contribution >= 0.6 is 23.3 Å². The van der Waals surface area contributed by atoms with Crippen molar-refractivity contribution in [1.82, 2.24) is 0 Å². The molecule has 0 nitrogen and oxygen atoms in total. The van der Waals surface area contributed by atoms with E-state index in [-0.39, 0.29) is 42.1 Å². The van der Waals surface area contributed by atoms with Crippen molar-refractivity contribution >= 4 is 23.3 Å². The van der Waals surface area contributed by atoms with Crippen LogP contribution in [0.5, 0.6) is 0 Å². The maximum atomic E-state index is 3.22. The number of thiol groups is 2. The van der Waals surface area contributed by atoms with Crippen molar-refractivity contribution in [2.75, 3.05) is 0 Å². The minimum atomic E-state index is 0. The van der Waals surface area contributed by atoms with Gasteiger partial charge in [-0.05, 0) is 0 Å². The summed E-state index contributed by atoms with van der Waals surface area (Å²) >= 11 is 6.44. The second-order valence-electron chi connectivity index (χ2n) is 0. The van der Waals surface area contributed by atoms with Crippen molar-refractivity contribution in [3.8, 4) is 0 Å². The fourth-order valence-corrected chi connectivity index (χ4v) is 0. The predicted octanol–water partition coefficient (Wildman–Crippen LogP) is 0.756. The van der Waals surface area contributed by atoms with Crippen LogP contribution in [-0.2, 0) is 42.1 Å². The molecule has 0 aromatic carbocycles. The molecule has 0 aliphatic rings. The zero-order valence-electron chi connectivity index (χ0n) is 1.71. The summed E-state index contributed by atoms with van der Waals surface area (Å²) in [5.41, 5.74) is 0. The minimum Gasteiger partial charge on any atom is -0.115 e. The van der Waals surface area contributed by atoms with Crippen LogP contribution in [0.1, 0.15) is 0 Å². The third-order valence-electron chi connectivity index (χ3n) is 0. The maximum absolute atomic E-state index is 3.22. The van der Waals surface area contributed by atoms with E-state index in [0.29, 0.717) is 0 Å². The van der Waals surface area contributed by atoms with E-state index < -0.39 is 0 Å². The Balaban J connectivity index is -0.00000000500. The van der Waals surface area contributed by atoms with E-state index in [9.17, 15) is 0 Å². The van der Waals surface area contributed by atoms with Crippen LogP contribution in [0, 0.1) is 0 Å². The number of hydrogen-bond acceptors (Lipinski definition) is 2. The van der Waals surface area contributed by atoms with Gasteiger partial charge < -0.3 is 0 Å². The fraction of sp³-hybridized carbons (Fsp3) is 0. The molecule has 0 amide bonds. The molecule has 0 rings (SSSR count). The maximum Gasteiger partial charge on any atom is 0 e. The first-order chi connectivity index (χ1) is 1.00. The molecule has 4 heteroatoms. The van der Waals surface area contributed by atoms with Gasteiger partial charge in [0.15, 0.2) is 0 Å². The fourth-order valence-electron chi connectivity index (χ4n) is 0. The molecule has 0 atom stereocenters. The molecule has 0 bridgehead atoms. The Kier molecular flexibility index (Phi) is 80.9. The van der Waals surface area contributed by atoms with E-state index in [4.69, 9.17) is 0 Å². The topological polar surface area (TPSA) is 0 Å². The van der Waals surface area contributed by atoms with Crippen LogP contribution in [-0.4, -0.2) is 0 Å². The third kappa shape index (κ3) is 8.95. The van der Waals surface area contributed by atoms with Gasteiger partial charge in [0.05, 0.1) is 0 Å². The zero-order valence-corrected chi connectivity index (χ0v) is 8.44. The summed E-state index contributed by atoms with van der Waals surface area (Å²) in [6, 6.07) is 0. The van der Waals surface area contributed by atoms with Crippen LogP contribution in [0.3, 0.4) is 0 Å². The summed E-state index contributed by atoms with van der Waals surface area (Å²) in [5, 5.41) is 0. The SMILES string of the molecule is SS.[Mo].[W]. The van der Waals surface area contributed by atoms with E-state index in [2.05, 4.69) is 23.3 Å². The van der Waals surface area contributed by atoms with Crippen molar-refractivity contribution in [2.45, 2.75) is 0 Å². The molecular weight excluding hydrogens is 344 g/mol. The van der Waals surface area contributed by atoms with Crippen molar-refractivity contribution in [3.05, 3.63) is 0 Å². The zero-order chi connectivity index (χ0) is 2.00. The van der Waals surface area contributed by atoms with E-state index in [1.807, 2.05) is 0 Å². The Labute approximate surface area is 64.9 Å². The van der Waals surface area contributed by atoms with Crippen molar-refractivity contribution in [2.24, 2.45) is 0 Å². The molecule has 0 heterocycles. The Morgan fingerprint density at radius 2 is 1.00 bits per heavy atom. The van der Waals surface area contributed by atoms with Crippen molar-refractivity contribution in [3.63, 3.8) is 0 Å². The third-order valence-corrected chi connectivity index (χ3v) is 0. The Bertz CT molecular complexity index is 6.00. The Hall–Kier alpha value is 2.08. The minimum absolute atomic E-state index is 0. The molecule has 0 fully saturated rings. The first kappa shape index (κ1) is 16.5. The molecule has 0 unspecified atom stereocenters. The summed E-state index contributed by atoms with van der Waals surface area (Å²) in [6.07, 6.45) is 0. The summed E-state index contributed by atoms with van der Waals surface area (Å²) in [7, 11) is 0. The molecule has 0 aromatic heterocycles. The van der Waals surface area contributed by atoms with Gasteiger partial charge in [-0.25, -0.2) is 0 Å². The predicted molar refractivity (Wildman–Crippen MR) is 18.0 cm³/mol. The normalized spacial score (nSPS) is 1.50. The number of hydrogen-bond donors (Lipinski definition) is 2. The second kappa shape index (κ2) is 19.6. The second-order valence-corrected chi connectivity index (χ2v) is 0. The van der Waals surface area contributed by atoms with Crippen LogP contribution < -0.4 is 0 Å². The number of rotatable bonds is 0. The molecule has 26 valence electrons. The monoisotopic (exact) mass is 348 g/mol. The van der Waals surface area contributed by atoms with Gasteiger partial charge in [-0.2, -0.15) is 0 Å². The Morgan fingerprint density at radius 3 is 1.00 bits per heavy atom. The van der Waals surface area contributed by atoms with Gasteiger partial charge in [-0.3, -0.25) is 0 Å². The average Bonchev–Trinajstić information content (AvgIpc) is 1.00. The van der Waals surface area contributed by atoms with Gasteiger partial charge in [-0.1, -0.05) is 0 Å². The molecule has 4 heavy (non-hydrogen) atoms. The van der Waals surface area contributed by atoms with E-state index in [1.165, 1.54) is 0 Å². The van der Waals surface area contributed by atoms with Crippen molar-refractivity contribution in [1.29, 1.82) is 0 Å². The first-order valence-electron chi connectivity index (χ1n) is 0.200. The average molecular weight is 346 g/mol. The smallest absolute Gasteiger partial charge is 0 e. The Morgan fingerprint density at radius 1 is 1.00 bits per heavy atom. The molecular formula is H2MoS2W. The van der Waals surface area contributed by atoms with Gasteiger partial charge in [0.25, 0.3) is 0 Å². The van der Waals surface area contributed by atoms with Crippen molar-refractivity contribution < 1.29 is 42.1 Å². The standard InChI is InChI=1S/Mo.H2S2.W/c;1-2;/h;1-2H;. The van der Waals surface area contributed by atoms with Gasteiger partial charge in [-0.15, -0.1) is 23.3 Å². The van der Waals surface area contributed by atoms with Gasteiger partial charge in [0.2, 0.25) is 0 Å². The molecule has 0 aliphatic heterocycles. The molecule has 0 spiro atoms. The van der Waals surface area contributed by atoms with Crippen LogP contribution in [0.4, 0.5) is 0 Å². The first-order valence-corrected chi connectivity index (χ1v) is 1.80. The summed E-state index contributed by atoms with van der Waals surface area (Å²) < 4.78 is 0. The molecule has 0 radical (unpaired) electrons. The van der Waals surface area contributed by atoms with E-state index >= 15 is 0 Å². The molecule has 0 saturated heterocycles. The molecule has 0 aliphatic carbocycles.